The van der Waals surface area contributed by atoms with E-state index >= 15 is 0 Å². The van der Waals surface area contributed by atoms with E-state index in [1.54, 1.807) is 18.3 Å². The Labute approximate surface area is 178 Å². The molecule has 1 aliphatic heterocycles. The van der Waals surface area contributed by atoms with Crippen LogP contribution in [0.25, 0.3) is 0 Å². The van der Waals surface area contributed by atoms with Crippen LogP contribution < -0.4 is 5.32 Å². The second-order valence-electron chi connectivity index (χ2n) is 8.92. The molecule has 0 bridgehead atoms. The number of carbonyl (C=O) groups is 1. The highest BCUT2D eigenvalue weighted by molar-refractivity contribution is 5.76. The maximum atomic E-state index is 13.6. The predicted octanol–water partition coefficient (Wildman–Crippen LogP) is 4.87. The summed E-state index contributed by atoms with van der Waals surface area (Å²) in [5.74, 6) is 0.798. The van der Waals surface area contributed by atoms with Crippen molar-refractivity contribution in [3.05, 3.63) is 65.7 Å². The molecule has 1 saturated carbocycles. The quantitative estimate of drug-likeness (QED) is 0.710. The van der Waals surface area contributed by atoms with Crippen LogP contribution in [0.15, 0.2) is 48.7 Å². The third-order valence-corrected chi connectivity index (χ3v) is 6.58. The first-order chi connectivity index (χ1) is 14.7. The molecule has 4 rings (SSSR count). The van der Waals surface area contributed by atoms with Crippen molar-refractivity contribution in [3.8, 4) is 0 Å². The highest BCUT2D eigenvalue weighted by Crippen LogP contribution is 2.31. The Bertz CT molecular complexity index is 822. The Morgan fingerprint density at radius 3 is 2.77 bits per heavy atom. The first kappa shape index (κ1) is 21.0. The summed E-state index contributed by atoms with van der Waals surface area (Å²) >= 11 is 0. The lowest BCUT2D eigenvalue weighted by Gasteiger charge is -2.37. The third kappa shape index (κ3) is 5.66. The van der Waals surface area contributed by atoms with E-state index in [2.05, 4.69) is 15.2 Å². The summed E-state index contributed by atoms with van der Waals surface area (Å²) in [6.07, 6.45) is 9.41. The van der Waals surface area contributed by atoms with E-state index in [0.29, 0.717) is 18.3 Å². The number of hydrogen-bond acceptors (Lipinski definition) is 3. The molecule has 2 atom stereocenters. The van der Waals surface area contributed by atoms with Gasteiger partial charge in [0.05, 0.1) is 11.7 Å². The minimum Gasteiger partial charge on any atom is -0.347 e. The van der Waals surface area contributed by atoms with Crippen LogP contribution in [0.3, 0.4) is 0 Å². The van der Waals surface area contributed by atoms with Crippen molar-refractivity contribution in [1.82, 2.24) is 15.2 Å². The first-order valence-electron chi connectivity index (χ1n) is 11.3. The van der Waals surface area contributed by atoms with E-state index in [1.165, 1.54) is 31.7 Å². The summed E-state index contributed by atoms with van der Waals surface area (Å²) in [4.78, 5) is 19.8. The average Bonchev–Trinajstić information content (AvgIpc) is 3.26. The van der Waals surface area contributed by atoms with Crippen molar-refractivity contribution in [3.63, 3.8) is 0 Å². The lowest BCUT2D eigenvalue weighted by molar-refractivity contribution is -0.123. The Hall–Kier alpha value is -2.27. The van der Waals surface area contributed by atoms with Gasteiger partial charge in [-0.25, -0.2) is 4.39 Å². The fourth-order valence-corrected chi connectivity index (χ4v) is 5.10. The van der Waals surface area contributed by atoms with Crippen LogP contribution in [0, 0.1) is 17.7 Å². The Kier molecular flexibility index (Phi) is 7.11. The molecule has 1 saturated heterocycles. The maximum absolute atomic E-state index is 13.6. The van der Waals surface area contributed by atoms with Crippen LogP contribution in [0.1, 0.15) is 62.2 Å². The molecule has 1 N–H and O–H groups in total. The third-order valence-electron chi connectivity index (χ3n) is 6.58. The number of piperidine rings is 1. The van der Waals surface area contributed by atoms with Crippen molar-refractivity contribution < 1.29 is 9.18 Å². The number of pyridine rings is 1. The summed E-state index contributed by atoms with van der Waals surface area (Å²) in [7, 11) is 0. The van der Waals surface area contributed by atoms with Gasteiger partial charge >= 0.3 is 0 Å². The number of likely N-dealkylation sites (tertiary alicyclic amines) is 1. The van der Waals surface area contributed by atoms with Crippen molar-refractivity contribution in [2.24, 2.45) is 11.8 Å². The molecule has 30 heavy (non-hydrogen) atoms. The number of aromatic nitrogens is 1. The van der Waals surface area contributed by atoms with Crippen LogP contribution in [-0.2, 0) is 11.3 Å². The number of hydrogen-bond donors (Lipinski definition) is 1. The molecule has 2 heterocycles. The van der Waals surface area contributed by atoms with Gasteiger partial charge in [0.25, 0.3) is 0 Å². The van der Waals surface area contributed by atoms with Crippen LogP contribution >= 0.6 is 0 Å². The topological polar surface area (TPSA) is 45.2 Å². The van der Waals surface area contributed by atoms with Crippen molar-refractivity contribution in [1.29, 1.82) is 0 Å². The average molecular weight is 410 g/mol. The lowest BCUT2D eigenvalue weighted by atomic mass is 9.87. The molecule has 2 unspecified atom stereocenters. The summed E-state index contributed by atoms with van der Waals surface area (Å²) < 4.78 is 13.6. The zero-order valence-corrected chi connectivity index (χ0v) is 17.6. The number of halogens is 1. The Balaban J connectivity index is 1.44. The van der Waals surface area contributed by atoms with E-state index in [0.717, 1.165) is 43.7 Å². The highest BCUT2D eigenvalue weighted by atomic mass is 19.1. The van der Waals surface area contributed by atoms with E-state index in [4.69, 9.17) is 0 Å². The summed E-state index contributed by atoms with van der Waals surface area (Å²) in [5, 5.41) is 3.34. The Morgan fingerprint density at radius 2 is 2.00 bits per heavy atom. The van der Waals surface area contributed by atoms with Gasteiger partial charge in [0.15, 0.2) is 0 Å². The number of nitrogens with zero attached hydrogens (tertiary/aromatic N) is 2. The number of amides is 1. The van der Waals surface area contributed by atoms with Crippen molar-refractivity contribution >= 4 is 5.91 Å². The zero-order chi connectivity index (χ0) is 20.8. The van der Waals surface area contributed by atoms with Gasteiger partial charge in [0, 0.05) is 25.7 Å². The Morgan fingerprint density at radius 1 is 1.13 bits per heavy atom. The van der Waals surface area contributed by atoms with Crippen molar-refractivity contribution in [2.75, 3.05) is 13.1 Å². The first-order valence-corrected chi connectivity index (χ1v) is 11.3. The smallest absolute Gasteiger partial charge is 0.220 e. The van der Waals surface area contributed by atoms with Gasteiger partial charge in [-0.2, -0.15) is 0 Å². The molecule has 0 spiro atoms. The molecule has 2 fully saturated rings. The molecule has 1 aromatic carbocycles. The molecular weight excluding hydrogens is 377 g/mol. The lowest BCUT2D eigenvalue weighted by Crippen LogP contribution is -2.43. The van der Waals surface area contributed by atoms with E-state index in [9.17, 15) is 9.18 Å². The fraction of sp³-hybridized carbons (Fsp3) is 0.520. The van der Waals surface area contributed by atoms with Gasteiger partial charge in [-0.1, -0.05) is 31.0 Å². The van der Waals surface area contributed by atoms with Crippen LogP contribution in [0.4, 0.5) is 4.39 Å². The van der Waals surface area contributed by atoms with Crippen LogP contribution in [0.2, 0.25) is 0 Å². The van der Waals surface area contributed by atoms with Gasteiger partial charge in [-0.3, -0.25) is 14.7 Å². The minimum absolute atomic E-state index is 0.0737. The predicted molar refractivity (Wildman–Crippen MR) is 116 cm³/mol. The molecular formula is C25H32FN3O. The van der Waals surface area contributed by atoms with Crippen molar-refractivity contribution in [2.45, 2.75) is 57.5 Å². The number of benzene rings is 1. The molecule has 1 aromatic heterocycles. The van der Waals surface area contributed by atoms with E-state index < -0.39 is 0 Å². The summed E-state index contributed by atoms with van der Waals surface area (Å²) in [5.41, 5.74) is 1.94. The highest BCUT2D eigenvalue weighted by Gasteiger charge is 2.31. The number of rotatable bonds is 7. The van der Waals surface area contributed by atoms with Gasteiger partial charge in [0.1, 0.15) is 5.82 Å². The number of nitrogens with one attached hydrogen (secondary N) is 1. The largest absolute Gasteiger partial charge is 0.347 e. The monoisotopic (exact) mass is 409 g/mol. The second kappa shape index (κ2) is 10.2. The molecule has 2 aromatic rings. The molecule has 160 valence electrons. The SMILES string of the molecule is O=C(CC1CCCC1)NC(c1ccccn1)C1CCCN(Cc2cccc(F)c2)C1. The molecule has 4 nitrogen and oxygen atoms in total. The van der Waals surface area contributed by atoms with E-state index in [1.807, 2.05) is 24.3 Å². The van der Waals surface area contributed by atoms with Gasteiger partial charge in [0.2, 0.25) is 5.91 Å². The summed E-state index contributed by atoms with van der Waals surface area (Å²) in [6.45, 7) is 2.61. The maximum Gasteiger partial charge on any atom is 0.220 e. The van der Waals surface area contributed by atoms with E-state index in [-0.39, 0.29) is 17.8 Å². The minimum atomic E-state index is -0.188. The normalized spacial score (nSPS) is 21.4. The molecule has 1 amide bonds. The molecule has 2 aliphatic rings. The summed E-state index contributed by atoms with van der Waals surface area (Å²) in [6, 6.07) is 12.7. The van der Waals surface area contributed by atoms with Gasteiger partial charge < -0.3 is 5.32 Å². The van der Waals surface area contributed by atoms with Crippen LogP contribution in [0.5, 0.6) is 0 Å². The molecule has 1 aliphatic carbocycles. The molecule has 0 radical (unpaired) electrons. The zero-order valence-electron chi connectivity index (χ0n) is 17.6. The number of carbonyl (C=O) groups excluding carboxylic acids is 1. The molecule has 5 heteroatoms. The standard InChI is InChI=1S/C25H32FN3O/c26-22-11-5-9-20(15-22)17-29-14-6-10-21(18-29)25(23-12-3-4-13-27-23)28-24(30)16-19-7-1-2-8-19/h3-5,9,11-13,15,19,21,25H,1-2,6-8,10,14,16-18H2,(H,28,30). The van der Waals surface area contributed by atoms with Gasteiger partial charge in [-0.05, 0) is 73.9 Å². The van der Waals surface area contributed by atoms with Crippen LogP contribution in [-0.4, -0.2) is 28.9 Å². The second-order valence-corrected chi connectivity index (χ2v) is 8.92. The van der Waals surface area contributed by atoms with Gasteiger partial charge in [-0.15, -0.1) is 0 Å². The fourth-order valence-electron chi connectivity index (χ4n) is 5.10.